The number of oxime groups is 1. The van der Waals surface area contributed by atoms with Crippen molar-refractivity contribution >= 4 is 11.7 Å². The molecule has 1 rings (SSSR count). The summed E-state index contributed by atoms with van der Waals surface area (Å²) in [7, 11) is 1.90. The Labute approximate surface area is 101 Å². The molecular formula is C11H19N5O. The van der Waals surface area contributed by atoms with E-state index in [1.807, 2.05) is 39.6 Å². The number of amidine groups is 1. The zero-order valence-electron chi connectivity index (χ0n) is 10.9. The third kappa shape index (κ3) is 2.46. The van der Waals surface area contributed by atoms with Crippen LogP contribution in [0.5, 0.6) is 0 Å². The fraction of sp³-hybridized carbons (Fsp3) is 0.545. The van der Waals surface area contributed by atoms with E-state index in [0.29, 0.717) is 11.4 Å². The van der Waals surface area contributed by atoms with Crippen LogP contribution in [0.3, 0.4) is 0 Å². The van der Waals surface area contributed by atoms with Gasteiger partial charge in [0.05, 0.1) is 11.3 Å². The standard InChI is InChI=1S/C11H19N5O/c1-6(2)16(5)11-9(10(12)15-17)7(3)8(4)13-14-11/h6,17H,1-5H3,(H2,12,15). The minimum absolute atomic E-state index is 0.0583. The number of aromatic nitrogens is 2. The number of aryl methyl sites for hydroxylation is 1. The van der Waals surface area contributed by atoms with E-state index < -0.39 is 0 Å². The molecule has 1 heterocycles. The summed E-state index contributed by atoms with van der Waals surface area (Å²) in [4.78, 5) is 1.94. The Morgan fingerprint density at radius 1 is 1.35 bits per heavy atom. The summed E-state index contributed by atoms with van der Waals surface area (Å²) < 4.78 is 0. The van der Waals surface area contributed by atoms with Gasteiger partial charge >= 0.3 is 0 Å². The van der Waals surface area contributed by atoms with Crippen molar-refractivity contribution in [3.63, 3.8) is 0 Å². The summed E-state index contributed by atoms with van der Waals surface area (Å²) >= 11 is 0. The molecule has 0 aliphatic heterocycles. The molecule has 0 amide bonds. The average Bonchev–Trinajstić information content (AvgIpc) is 2.30. The molecule has 6 nitrogen and oxygen atoms in total. The van der Waals surface area contributed by atoms with Gasteiger partial charge in [-0.15, -0.1) is 5.10 Å². The van der Waals surface area contributed by atoms with Crippen molar-refractivity contribution in [3.05, 3.63) is 16.8 Å². The monoisotopic (exact) mass is 237 g/mol. The first kappa shape index (κ1) is 13.2. The largest absolute Gasteiger partial charge is 0.409 e. The van der Waals surface area contributed by atoms with Gasteiger partial charge < -0.3 is 15.8 Å². The third-order valence-electron chi connectivity index (χ3n) is 2.91. The van der Waals surface area contributed by atoms with Gasteiger partial charge in [-0.3, -0.25) is 0 Å². The highest BCUT2D eigenvalue weighted by Gasteiger charge is 2.19. The minimum atomic E-state index is 0.0583. The van der Waals surface area contributed by atoms with E-state index in [0.717, 1.165) is 11.3 Å². The summed E-state index contributed by atoms with van der Waals surface area (Å²) in [6.07, 6.45) is 0. The predicted molar refractivity (Wildman–Crippen MR) is 67.6 cm³/mol. The normalized spacial score (nSPS) is 12.0. The average molecular weight is 237 g/mol. The molecule has 0 unspecified atom stereocenters. The quantitative estimate of drug-likeness (QED) is 0.355. The highest BCUT2D eigenvalue weighted by Crippen LogP contribution is 2.22. The molecule has 94 valence electrons. The van der Waals surface area contributed by atoms with Crippen LogP contribution in [-0.2, 0) is 0 Å². The molecule has 17 heavy (non-hydrogen) atoms. The van der Waals surface area contributed by atoms with Gasteiger partial charge in [-0.05, 0) is 33.3 Å². The van der Waals surface area contributed by atoms with Gasteiger partial charge in [-0.25, -0.2) is 0 Å². The lowest BCUT2D eigenvalue weighted by Crippen LogP contribution is -2.31. The summed E-state index contributed by atoms with van der Waals surface area (Å²) in [5.41, 5.74) is 7.99. The summed E-state index contributed by atoms with van der Waals surface area (Å²) in [5, 5.41) is 20.1. The molecule has 6 heteroatoms. The van der Waals surface area contributed by atoms with Crippen LogP contribution in [-0.4, -0.2) is 34.3 Å². The van der Waals surface area contributed by atoms with Gasteiger partial charge in [0.25, 0.3) is 0 Å². The van der Waals surface area contributed by atoms with Crippen LogP contribution in [0, 0.1) is 13.8 Å². The second-order valence-corrected chi connectivity index (χ2v) is 4.30. The molecule has 0 aliphatic carbocycles. The summed E-state index contributed by atoms with van der Waals surface area (Å²) in [6.45, 7) is 7.80. The van der Waals surface area contributed by atoms with Crippen LogP contribution in [0.25, 0.3) is 0 Å². The number of anilines is 1. The number of hydrogen-bond donors (Lipinski definition) is 2. The minimum Gasteiger partial charge on any atom is -0.409 e. The lowest BCUT2D eigenvalue weighted by molar-refractivity contribution is 0.318. The van der Waals surface area contributed by atoms with E-state index >= 15 is 0 Å². The summed E-state index contributed by atoms with van der Waals surface area (Å²) in [5.74, 6) is 0.682. The van der Waals surface area contributed by atoms with Crippen LogP contribution in [0.15, 0.2) is 5.16 Å². The highest BCUT2D eigenvalue weighted by atomic mass is 16.4. The van der Waals surface area contributed by atoms with E-state index in [4.69, 9.17) is 10.9 Å². The number of nitrogens with zero attached hydrogens (tertiary/aromatic N) is 4. The van der Waals surface area contributed by atoms with Gasteiger partial charge in [0.15, 0.2) is 11.7 Å². The molecule has 0 aromatic carbocycles. The number of rotatable bonds is 3. The molecular weight excluding hydrogens is 218 g/mol. The van der Waals surface area contributed by atoms with Crippen molar-refractivity contribution in [2.24, 2.45) is 10.9 Å². The van der Waals surface area contributed by atoms with Gasteiger partial charge in [-0.2, -0.15) is 5.10 Å². The molecule has 0 saturated carbocycles. The molecule has 0 saturated heterocycles. The van der Waals surface area contributed by atoms with Crippen molar-refractivity contribution in [1.82, 2.24) is 10.2 Å². The van der Waals surface area contributed by atoms with Crippen molar-refractivity contribution in [2.45, 2.75) is 33.7 Å². The zero-order valence-corrected chi connectivity index (χ0v) is 10.9. The lowest BCUT2D eigenvalue weighted by Gasteiger charge is -2.25. The zero-order chi connectivity index (χ0) is 13.2. The molecule has 0 aliphatic rings. The molecule has 0 atom stereocenters. The predicted octanol–water partition coefficient (Wildman–Crippen LogP) is 1.03. The Hall–Kier alpha value is -1.85. The van der Waals surface area contributed by atoms with E-state index in [9.17, 15) is 0 Å². The number of nitrogens with two attached hydrogens (primary N) is 1. The van der Waals surface area contributed by atoms with E-state index in [1.54, 1.807) is 0 Å². The smallest absolute Gasteiger partial charge is 0.174 e. The van der Waals surface area contributed by atoms with Crippen molar-refractivity contribution in [2.75, 3.05) is 11.9 Å². The highest BCUT2D eigenvalue weighted by molar-refractivity contribution is 6.02. The Morgan fingerprint density at radius 3 is 2.41 bits per heavy atom. The first-order chi connectivity index (χ1) is 7.90. The van der Waals surface area contributed by atoms with Crippen molar-refractivity contribution < 1.29 is 5.21 Å². The SMILES string of the molecule is Cc1nnc(N(C)C(C)C)c(/C(N)=N/O)c1C. The Bertz CT molecular complexity index is 442. The second kappa shape index (κ2) is 4.99. The maximum atomic E-state index is 8.84. The van der Waals surface area contributed by atoms with Crippen molar-refractivity contribution in [1.29, 1.82) is 0 Å². The maximum absolute atomic E-state index is 8.84. The Balaban J connectivity index is 3.46. The van der Waals surface area contributed by atoms with Gasteiger partial charge in [0.2, 0.25) is 0 Å². The molecule has 1 aromatic rings. The Kier molecular flexibility index (Phi) is 3.88. The van der Waals surface area contributed by atoms with Crippen molar-refractivity contribution in [3.8, 4) is 0 Å². The third-order valence-corrected chi connectivity index (χ3v) is 2.91. The molecule has 0 spiro atoms. The maximum Gasteiger partial charge on any atom is 0.174 e. The molecule has 1 aromatic heterocycles. The summed E-state index contributed by atoms with van der Waals surface area (Å²) in [6, 6.07) is 0.247. The molecule has 0 fully saturated rings. The molecule has 3 N–H and O–H groups in total. The van der Waals surface area contributed by atoms with Crippen LogP contribution in [0.1, 0.15) is 30.7 Å². The number of hydrogen-bond acceptors (Lipinski definition) is 5. The van der Waals surface area contributed by atoms with Gasteiger partial charge in [-0.1, -0.05) is 5.16 Å². The molecule has 0 bridgehead atoms. The molecule has 0 radical (unpaired) electrons. The van der Waals surface area contributed by atoms with E-state index in [-0.39, 0.29) is 11.9 Å². The van der Waals surface area contributed by atoms with Crippen LogP contribution in [0.2, 0.25) is 0 Å². The van der Waals surface area contributed by atoms with Crippen LogP contribution in [0.4, 0.5) is 5.82 Å². The van der Waals surface area contributed by atoms with Crippen LogP contribution < -0.4 is 10.6 Å². The van der Waals surface area contributed by atoms with E-state index in [2.05, 4.69) is 15.4 Å². The van der Waals surface area contributed by atoms with E-state index in [1.165, 1.54) is 0 Å². The Morgan fingerprint density at radius 2 is 1.94 bits per heavy atom. The van der Waals surface area contributed by atoms with Crippen LogP contribution >= 0.6 is 0 Å². The van der Waals surface area contributed by atoms with Gasteiger partial charge in [0.1, 0.15) is 0 Å². The fourth-order valence-electron chi connectivity index (χ4n) is 1.44. The van der Waals surface area contributed by atoms with Gasteiger partial charge in [0, 0.05) is 13.1 Å². The topological polar surface area (TPSA) is 87.6 Å². The second-order valence-electron chi connectivity index (χ2n) is 4.30. The fourth-order valence-corrected chi connectivity index (χ4v) is 1.44. The first-order valence-corrected chi connectivity index (χ1v) is 5.44. The first-order valence-electron chi connectivity index (χ1n) is 5.44. The lowest BCUT2D eigenvalue weighted by atomic mass is 10.1.